The Hall–Kier alpha value is -3.34. The van der Waals surface area contributed by atoms with Crippen LogP contribution in [-0.4, -0.2) is 24.0 Å². The number of methoxy groups -OCH3 is 2. The minimum absolute atomic E-state index is 0.146. The highest BCUT2D eigenvalue weighted by Gasteiger charge is 2.08. The van der Waals surface area contributed by atoms with E-state index in [-0.39, 0.29) is 5.56 Å². The molecule has 26 heavy (non-hydrogen) atoms. The van der Waals surface area contributed by atoms with Crippen molar-refractivity contribution in [1.29, 1.82) is 0 Å². The fourth-order valence-electron chi connectivity index (χ4n) is 2.58. The van der Waals surface area contributed by atoms with Crippen molar-refractivity contribution in [3.05, 3.63) is 82.7 Å². The third-order valence-electron chi connectivity index (χ3n) is 3.93. The molecule has 0 radical (unpaired) electrons. The molecule has 0 N–H and O–H groups in total. The molecule has 5 heteroatoms. The van der Waals surface area contributed by atoms with E-state index in [1.54, 1.807) is 20.3 Å². The molecule has 0 aliphatic carbocycles. The van der Waals surface area contributed by atoms with Crippen molar-refractivity contribution in [2.45, 2.75) is 6.54 Å². The smallest absolute Gasteiger partial charge is 0.267 e. The van der Waals surface area contributed by atoms with Crippen molar-refractivity contribution in [3.63, 3.8) is 0 Å². The van der Waals surface area contributed by atoms with Crippen LogP contribution in [-0.2, 0) is 6.54 Å². The Morgan fingerprint density at radius 1 is 0.962 bits per heavy atom. The minimum atomic E-state index is -0.146. The molecule has 0 saturated carbocycles. The standard InChI is InChI=1S/C21H20N2O3/c1-25-19-12-10-17(15-20(19)26-2)18-11-13-21(24)23(22-18)14-6-9-16-7-4-3-5-8-16/h3-13,15H,14H2,1-2H3/b9-6+. The highest BCUT2D eigenvalue weighted by atomic mass is 16.5. The van der Waals surface area contributed by atoms with Crippen molar-refractivity contribution in [3.8, 4) is 22.8 Å². The highest BCUT2D eigenvalue weighted by Crippen LogP contribution is 2.31. The second kappa shape index (κ2) is 8.16. The first-order valence-corrected chi connectivity index (χ1v) is 8.23. The number of ether oxygens (including phenoxy) is 2. The lowest BCUT2D eigenvalue weighted by molar-refractivity contribution is 0.355. The van der Waals surface area contributed by atoms with E-state index in [2.05, 4.69) is 5.10 Å². The fourth-order valence-corrected chi connectivity index (χ4v) is 2.58. The molecule has 0 saturated heterocycles. The van der Waals surface area contributed by atoms with Crippen molar-refractivity contribution in [2.24, 2.45) is 0 Å². The van der Waals surface area contributed by atoms with Gasteiger partial charge in [-0.3, -0.25) is 4.79 Å². The van der Waals surface area contributed by atoms with E-state index in [4.69, 9.17) is 9.47 Å². The lowest BCUT2D eigenvalue weighted by Crippen LogP contribution is -2.21. The Labute approximate surface area is 152 Å². The summed E-state index contributed by atoms with van der Waals surface area (Å²) >= 11 is 0. The summed E-state index contributed by atoms with van der Waals surface area (Å²) in [4.78, 5) is 12.1. The zero-order chi connectivity index (χ0) is 18.4. The van der Waals surface area contributed by atoms with E-state index >= 15 is 0 Å². The third-order valence-corrected chi connectivity index (χ3v) is 3.93. The Bertz CT molecular complexity index is 962. The van der Waals surface area contributed by atoms with E-state index in [1.165, 1.54) is 10.7 Å². The Balaban J connectivity index is 1.86. The number of allylic oxidation sites excluding steroid dienone is 1. The van der Waals surface area contributed by atoms with Crippen LogP contribution in [0.1, 0.15) is 5.56 Å². The Morgan fingerprint density at radius 3 is 2.46 bits per heavy atom. The van der Waals surface area contributed by atoms with E-state index in [9.17, 15) is 4.79 Å². The monoisotopic (exact) mass is 348 g/mol. The Kier molecular flexibility index (Phi) is 5.49. The molecule has 1 heterocycles. The number of rotatable bonds is 6. The second-order valence-electron chi connectivity index (χ2n) is 5.62. The van der Waals surface area contributed by atoms with Gasteiger partial charge >= 0.3 is 0 Å². The van der Waals surface area contributed by atoms with E-state index in [0.29, 0.717) is 23.7 Å². The maximum absolute atomic E-state index is 12.1. The summed E-state index contributed by atoms with van der Waals surface area (Å²) in [6.45, 7) is 0.398. The van der Waals surface area contributed by atoms with Crippen molar-refractivity contribution < 1.29 is 9.47 Å². The topological polar surface area (TPSA) is 53.4 Å². The first-order valence-electron chi connectivity index (χ1n) is 8.23. The summed E-state index contributed by atoms with van der Waals surface area (Å²) < 4.78 is 12.0. The maximum atomic E-state index is 12.1. The molecule has 0 aliphatic rings. The van der Waals surface area contributed by atoms with Crippen LogP contribution in [0.25, 0.3) is 17.3 Å². The van der Waals surface area contributed by atoms with E-state index in [0.717, 1.165) is 11.1 Å². The maximum Gasteiger partial charge on any atom is 0.267 e. The van der Waals surface area contributed by atoms with Gasteiger partial charge in [0.25, 0.3) is 5.56 Å². The van der Waals surface area contributed by atoms with Crippen LogP contribution in [0.3, 0.4) is 0 Å². The summed E-state index contributed by atoms with van der Waals surface area (Å²) in [5.41, 5.74) is 2.48. The first-order chi connectivity index (χ1) is 12.7. The molecule has 3 aromatic rings. The van der Waals surface area contributed by atoms with Crippen LogP contribution in [0.4, 0.5) is 0 Å². The van der Waals surface area contributed by atoms with E-state index < -0.39 is 0 Å². The van der Waals surface area contributed by atoms with Gasteiger partial charge < -0.3 is 9.47 Å². The number of hydrogen-bond donors (Lipinski definition) is 0. The van der Waals surface area contributed by atoms with Crippen LogP contribution < -0.4 is 15.0 Å². The van der Waals surface area contributed by atoms with Crippen LogP contribution in [0.15, 0.2) is 71.5 Å². The molecule has 0 unspecified atom stereocenters. The van der Waals surface area contributed by atoms with Gasteiger partial charge in [-0.25, -0.2) is 4.68 Å². The molecule has 0 fully saturated rings. The molecule has 2 aromatic carbocycles. The average molecular weight is 348 g/mol. The number of benzene rings is 2. The fraction of sp³-hybridized carbons (Fsp3) is 0.143. The van der Waals surface area contributed by atoms with Gasteiger partial charge in [0.1, 0.15) is 0 Å². The largest absolute Gasteiger partial charge is 0.493 e. The van der Waals surface area contributed by atoms with Gasteiger partial charge in [0.15, 0.2) is 11.5 Å². The Morgan fingerprint density at radius 2 is 1.73 bits per heavy atom. The van der Waals surface area contributed by atoms with Gasteiger partial charge in [0, 0.05) is 11.6 Å². The van der Waals surface area contributed by atoms with Crippen LogP contribution >= 0.6 is 0 Å². The summed E-state index contributed by atoms with van der Waals surface area (Å²) in [7, 11) is 3.18. The predicted octanol–water partition coefficient (Wildman–Crippen LogP) is 3.64. The lowest BCUT2D eigenvalue weighted by atomic mass is 10.1. The van der Waals surface area contributed by atoms with Crippen LogP contribution in [0, 0.1) is 0 Å². The molecule has 0 amide bonds. The normalized spacial score (nSPS) is 10.8. The van der Waals surface area contributed by atoms with Crippen molar-refractivity contribution in [2.75, 3.05) is 14.2 Å². The minimum Gasteiger partial charge on any atom is -0.493 e. The van der Waals surface area contributed by atoms with Gasteiger partial charge in [-0.1, -0.05) is 42.5 Å². The van der Waals surface area contributed by atoms with Gasteiger partial charge in [-0.05, 0) is 29.8 Å². The number of nitrogens with zero attached hydrogens (tertiary/aromatic N) is 2. The molecule has 132 valence electrons. The zero-order valence-corrected chi connectivity index (χ0v) is 14.8. The van der Waals surface area contributed by atoms with Gasteiger partial charge in [0.2, 0.25) is 0 Å². The van der Waals surface area contributed by atoms with Crippen molar-refractivity contribution >= 4 is 6.08 Å². The van der Waals surface area contributed by atoms with Gasteiger partial charge in [-0.15, -0.1) is 0 Å². The van der Waals surface area contributed by atoms with Crippen LogP contribution in [0.2, 0.25) is 0 Å². The first kappa shape index (κ1) is 17.5. The average Bonchev–Trinajstić information content (AvgIpc) is 2.69. The van der Waals surface area contributed by atoms with Gasteiger partial charge in [0.05, 0.1) is 26.5 Å². The lowest BCUT2D eigenvalue weighted by Gasteiger charge is -2.10. The quantitative estimate of drug-likeness (QED) is 0.682. The molecule has 0 atom stereocenters. The summed E-state index contributed by atoms with van der Waals surface area (Å²) in [5, 5.41) is 4.46. The molecular weight excluding hydrogens is 328 g/mol. The second-order valence-corrected chi connectivity index (χ2v) is 5.62. The predicted molar refractivity (Wildman–Crippen MR) is 103 cm³/mol. The highest BCUT2D eigenvalue weighted by molar-refractivity contribution is 5.63. The third kappa shape index (κ3) is 4.00. The van der Waals surface area contributed by atoms with Crippen LogP contribution in [0.5, 0.6) is 11.5 Å². The molecular formula is C21H20N2O3. The number of aromatic nitrogens is 2. The summed E-state index contributed by atoms with van der Waals surface area (Å²) in [6, 6.07) is 18.7. The molecule has 1 aromatic heterocycles. The van der Waals surface area contributed by atoms with Crippen molar-refractivity contribution in [1.82, 2.24) is 9.78 Å². The van der Waals surface area contributed by atoms with Gasteiger partial charge in [-0.2, -0.15) is 5.10 Å². The molecule has 0 aliphatic heterocycles. The zero-order valence-electron chi connectivity index (χ0n) is 14.8. The summed E-state index contributed by atoms with van der Waals surface area (Å²) in [5.74, 6) is 1.27. The van der Waals surface area contributed by atoms with E-state index in [1.807, 2.05) is 60.7 Å². The molecule has 5 nitrogen and oxygen atoms in total. The molecule has 0 spiro atoms. The SMILES string of the molecule is COc1ccc(-c2ccc(=O)n(C/C=C/c3ccccc3)n2)cc1OC. The summed E-state index contributed by atoms with van der Waals surface area (Å²) in [6.07, 6.45) is 3.89. The number of hydrogen-bond acceptors (Lipinski definition) is 4. The molecule has 3 rings (SSSR count). The molecule has 0 bridgehead atoms.